The minimum atomic E-state index is -3.04. The molecular formula is C11H6ClF5N2O. The Hall–Kier alpha value is -1.67. The standard InChI is InChI=1S/C11H6ClF5N2O/c12-10-5(3-20)9(11(16)17)18-19(10)4-1-6(13)8(15)7(14)2-4/h1-2,11,20H,3H2. The number of benzene rings is 1. The van der Waals surface area contributed by atoms with Gasteiger partial charge in [0.05, 0.1) is 12.3 Å². The number of aromatic nitrogens is 2. The first-order valence-corrected chi connectivity index (χ1v) is 5.55. The number of aliphatic hydroxyl groups is 1. The summed E-state index contributed by atoms with van der Waals surface area (Å²) in [7, 11) is 0. The van der Waals surface area contributed by atoms with Gasteiger partial charge in [-0.3, -0.25) is 0 Å². The van der Waals surface area contributed by atoms with E-state index in [1.807, 2.05) is 0 Å². The molecule has 1 aromatic heterocycles. The van der Waals surface area contributed by atoms with Crippen LogP contribution in [0.5, 0.6) is 0 Å². The van der Waals surface area contributed by atoms with Crippen molar-refractivity contribution in [2.45, 2.75) is 13.0 Å². The van der Waals surface area contributed by atoms with Crippen LogP contribution in [-0.2, 0) is 6.61 Å². The summed E-state index contributed by atoms with van der Waals surface area (Å²) >= 11 is 5.72. The molecular weight excluding hydrogens is 307 g/mol. The molecule has 3 nitrogen and oxygen atoms in total. The lowest BCUT2D eigenvalue weighted by molar-refractivity contribution is 0.141. The maximum atomic E-state index is 13.1. The zero-order valence-electron chi connectivity index (χ0n) is 9.55. The fourth-order valence-electron chi connectivity index (χ4n) is 1.60. The first kappa shape index (κ1) is 14.7. The second kappa shape index (κ2) is 5.37. The minimum absolute atomic E-state index is 0.369. The summed E-state index contributed by atoms with van der Waals surface area (Å²) < 4.78 is 65.0. The maximum Gasteiger partial charge on any atom is 0.282 e. The highest BCUT2D eigenvalue weighted by Crippen LogP contribution is 2.30. The number of rotatable bonds is 3. The molecule has 0 aliphatic heterocycles. The van der Waals surface area contributed by atoms with E-state index in [1.165, 1.54) is 0 Å². The average molecular weight is 313 g/mol. The number of alkyl halides is 2. The van der Waals surface area contributed by atoms with Crippen LogP contribution in [0.1, 0.15) is 17.7 Å². The highest BCUT2D eigenvalue weighted by Gasteiger charge is 2.24. The number of nitrogens with zero attached hydrogens (tertiary/aromatic N) is 2. The molecule has 2 aromatic rings. The lowest BCUT2D eigenvalue weighted by Gasteiger charge is -2.05. The molecule has 0 radical (unpaired) electrons. The molecule has 1 N–H and O–H groups in total. The van der Waals surface area contributed by atoms with Gasteiger partial charge < -0.3 is 5.11 Å². The van der Waals surface area contributed by atoms with Gasteiger partial charge in [0.15, 0.2) is 17.5 Å². The number of hydrogen-bond donors (Lipinski definition) is 1. The van der Waals surface area contributed by atoms with Crippen molar-refractivity contribution in [2.75, 3.05) is 0 Å². The monoisotopic (exact) mass is 312 g/mol. The van der Waals surface area contributed by atoms with E-state index in [0.717, 1.165) is 0 Å². The summed E-state index contributed by atoms with van der Waals surface area (Å²) in [5.41, 5.74) is -1.57. The summed E-state index contributed by atoms with van der Waals surface area (Å²) in [5, 5.41) is 11.9. The summed E-state index contributed by atoms with van der Waals surface area (Å²) in [6.07, 6.45) is -3.04. The van der Waals surface area contributed by atoms with Crippen molar-refractivity contribution in [3.8, 4) is 5.69 Å². The van der Waals surface area contributed by atoms with Crippen molar-refractivity contribution in [2.24, 2.45) is 0 Å². The Bertz CT molecular complexity index is 635. The van der Waals surface area contributed by atoms with Crippen molar-refractivity contribution in [3.63, 3.8) is 0 Å². The van der Waals surface area contributed by atoms with E-state index < -0.39 is 41.3 Å². The minimum Gasteiger partial charge on any atom is -0.391 e. The number of hydrogen-bond acceptors (Lipinski definition) is 2. The predicted octanol–water partition coefficient (Wildman–Crippen LogP) is 3.37. The third-order valence-electron chi connectivity index (χ3n) is 2.53. The van der Waals surface area contributed by atoms with Crippen LogP contribution in [-0.4, -0.2) is 14.9 Å². The SMILES string of the molecule is OCc1c(C(F)F)nn(-c2cc(F)c(F)c(F)c2)c1Cl. The van der Waals surface area contributed by atoms with E-state index in [9.17, 15) is 22.0 Å². The van der Waals surface area contributed by atoms with Crippen LogP contribution in [0.4, 0.5) is 22.0 Å². The molecule has 0 aliphatic rings. The van der Waals surface area contributed by atoms with Crippen molar-refractivity contribution >= 4 is 11.6 Å². The maximum absolute atomic E-state index is 13.1. The molecule has 0 saturated carbocycles. The van der Waals surface area contributed by atoms with Gasteiger partial charge in [-0.25, -0.2) is 26.6 Å². The molecule has 0 spiro atoms. The third kappa shape index (κ3) is 2.36. The quantitative estimate of drug-likeness (QED) is 0.697. The molecule has 2 rings (SSSR count). The third-order valence-corrected chi connectivity index (χ3v) is 2.92. The van der Waals surface area contributed by atoms with Crippen LogP contribution in [0.2, 0.25) is 5.15 Å². The van der Waals surface area contributed by atoms with Gasteiger partial charge in [0.2, 0.25) is 0 Å². The van der Waals surface area contributed by atoms with E-state index in [-0.39, 0.29) is 11.3 Å². The van der Waals surface area contributed by atoms with Gasteiger partial charge in [0.25, 0.3) is 6.43 Å². The fourth-order valence-corrected chi connectivity index (χ4v) is 1.89. The molecule has 0 fully saturated rings. The summed E-state index contributed by atoms with van der Waals surface area (Å²) in [6, 6.07) is 1.10. The van der Waals surface area contributed by atoms with Crippen LogP contribution in [0.3, 0.4) is 0 Å². The van der Waals surface area contributed by atoms with Gasteiger partial charge in [-0.15, -0.1) is 0 Å². The van der Waals surface area contributed by atoms with E-state index in [0.29, 0.717) is 16.8 Å². The predicted molar refractivity (Wildman–Crippen MR) is 59.3 cm³/mol. The average Bonchev–Trinajstić information content (AvgIpc) is 2.72. The Morgan fingerprint density at radius 3 is 2.15 bits per heavy atom. The summed E-state index contributed by atoms with van der Waals surface area (Å²) in [6.45, 7) is -0.829. The fraction of sp³-hybridized carbons (Fsp3) is 0.182. The van der Waals surface area contributed by atoms with E-state index >= 15 is 0 Å². The summed E-state index contributed by atoms with van der Waals surface area (Å²) in [5.74, 6) is -4.74. The van der Waals surface area contributed by atoms with Gasteiger partial charge in [-0.2, -0.15) is 5.10 Å². The van der Waals surface area contributed by atoms with Crippen LogP contribution >= 0.6 is 11.6 Å². The Balaban J connectivity index is 2.64. The smallest absolute Gasteiger partial charge is 0.282 e. The second-order valence-electron chi connectivity index (χ2n) is 3.75. The van der Waals surface area contributed by atoms with Gasteiger partial charge in [-0.05, 0) is 0 Å². The van der Waals surface area contributed by atoms with E-state index in [2.05, 4.69) is 5.10 Å². The normalized spacial score (nSPS) is 11.4. The van der Waals surface area contributed by atoms with Crippen LogP contribution in [0, 0.1) is 17.5 Å². The molecule has 1 heterocycles. The van der Waals surface area contributed by atoms with Gasteiger partial charge >= 0.3 is 0 Å². The van der Waals surface area contributed by atoms with Crippen LogP contribution < -0.4 is 0 Å². The molecule has 1 aromatic carbocycles. The zero-order chi connectivity index (χ0) is 15.0. The molecule has 20 heavy (non-hydrogen) atoms. The zero-order valence-corrected chi connectivity index (χ0v) is 10.3. The Kier molecular flexibility index (Phi) is 3.96. The Morgan fingerprint density at radius 1 is 1.20 bits per heavy atom. The number of aliphatic hydroxyl groups excluding tert-OH is 1. The molecule has 0 saturated heterocycles. The van der Waals surface area contributed by atoms with E-state index in [4.69, 9.17) is 16.7 Å². The molecule has 0 amide bonds. The van der Waals surface area contributed by atoms with Crippen LogP contribution in [0.15, 0.2) is 12.1 Å². The van der Waals surface area contributed by atoms with Crippen molar-refractivity contribution < 1.29 is 27.1 Å². The molecule has 0 unspecified atom stereocenters. The Labute approximate surface area is 114 Å². The molecule has 9 heteroatoms. The largest absolute Gasteiger partial charge is 0.391 e. The van der Waals surface area contributed by atoms with Gasteiger partial charge in [0.1, 0.15) is 10.8 Å². The van der Waals surface area contributed by atoms with Gasteiger partial charge in [0, 0.05) is 17.7 Å². The van der Waals surface area contributed by atoms with Crippen molar-refractivity contribution in [1.29, 1.82) is 0 Å². The first-order valence-electron chi connectivity index (χ1n) is 5.18. The summed E-state index contributed by atoms with van der Waals surface area (Å²) in [4.78, 5) is 0. The molecule has 0 bridgehead atoms. The molecule has 0 atom stereocenters. The lowest BCUT2D eigenvalue weighted by atomic mass is 10.2. The van der Waals surface area contributed by atoms with Crippen molar-refractivity contribution in [1.82, 2.24) is 9.78 Å². The first-order chi connectivity index (χ1) is 9.36. The molecule has 0 aliphatic carbocycles. The topological polar surface area (TPSA) is 38.1 Å². The van der Waals surface area contributed by atoms with Crippen molar-refractivity contribution in [3.05, 3.63) is 46.0 Å². The highest BCUT2D eigenvalue weighted by atomic mass is 35.5. The number of halogens is 6. The highest BCUT2D eigenvalue weighted by molar-refractivity contribution is 6.30. The van der Waals surface area contributed by atoms with E-state index in [1.54, 1.807) is 0 Å². The second-order valence-corrected chi connectivity index (χ2v) is 4.11. The van der Waals surface area contributed by atoms with Gasteiger partial charge in [-0.1, -0.05) is 11.6 Å². The lowest BCUT2D eigenvalue weighted by Crippen LogP contribution is -2.01. The molecule has 108 valence electrons. The van der Waals surface area contributed by atoms with Crippen LogP contribution in [0.25, 0.3) is 5.69 Å². The Morgan fingerprint density at radius 2 is 1.75 bits per heavy atom.